The van der Waals surface area contributed by atoms with Crippen molar-refractivity contribution in [1.29, 1.82) is 0 Å². The van der Waals surface area contributed by atoms with Crippen molar-refractivity contribution < 1.29 is 9.32 Å². The zero-order valence-electron chi connectivity index (χ0n) is 14.2. The highest BCUT2D eigenvalue weighted by Crippen LogP contribution is 2.23. The predicted octanol–water partition coefficient (Wildman–Crippen LogP) is 1.37. The van der Waals surface area contributed by atoms with Crippen molar-refractivity contribution in [2.24, 2.45) is 0 Å². The summed E-state index contributed by atoms with van der Waals surface area (Å²) in [6, 6.07) is 5.46. The van der Waals surface area contributed by atoms with Crippen LogP contribution in [0.5, 0.6) is 0 Å². The van der Waals surface area contributed by atoms with Gasteiger partial charge in [0.1, 0.15) is 11.6 Å². The molecule has 0 atom stereocenters. The number of hydrogen-bond acceptors (Lipinski definition) is 7. The van der Waals surface area contributed by atoms with E-state index in [4.69, 9.17) is 4.52 Å². The number of nitrogens with one attached hydrogen (secondary N) is 2. The van der Waals surface area contributed by atoms with E-state index in [-0.39, 0.29) is 5.91 Å². The zero-order valence-corrected chi connectivity index (χ0v) is 14.2. The van der Waals surface area contributed by atoms with Crippen LogP contribution in [0.25, 0.3) is 5.82 Å². The van der Waals surface area contributed by atoms with Crippen molar-refractivity contribution in [1.82, 2.24) is 30.5 Å². The van der Waals surface area contributed by atoms with Gasteiger partial charge in [-0.25, -0.2) is 4.68 Å². The largest absolute Gasteiger partial charge is 0.367 e. The first-order valence-corrected chi connectivity index (χ1v) is 8.64. The van der Waals surface area contributed by atoms with E-state index in [0.29, 0.717) is 30.4 Å². The summed E-state index contributed by atoms with van der Waals surface area (Å²) in [4.78, 5) is 12.3. The maximum absolute atomic E-state index is 12.3. The fourth-order valence-corrected chi connectivity index (χ4v) is 2.96. The second kappa shape index (κ2) is 7.34. The molecule has 3 aromatic rings. The summed E-state index contributed by atoms with van der Waals surface area (Å²) in [5.74, 6) is 1.93. The van der Waals surface area contributed by atoms with E-state index in [1.165, 1.54) is 0 Å². The number of aromatic nitrogens is 5. The maximum atomic E-state index is 12.3. The highest BCUT2D eigenvalue weighted by atomic mass is 16.5. The third-order valence-corrected chi connectivity index (χ3v) is 4.27. The number of hydrogen-bond donors (Lipinski definition) is 2. The van der Waals surface area contributed by atoms with E-state index >= 15 is 0 Å². The lowest BCUT2D eigenvalue weighted by Gasteiger charge is -2.10. The standard InChI is InChI=1S/C17H19N7O2/c25-17(16-12-4-1-2-5-13(12)26-23-16)19-10-9-18-14-6-7-15(22-21-14)24-11-3-8-20-24/h3,6-8,11H,1-2,4-5,9-10H2,(H,18,21)(H,19,25). The average molecular weight is 353 g/mol. The Morgan fingerprint density at radius 1 is 1.19 bits per heavy atom. The average Bonchev–Trinajstić information content (AvgIpc) is 3.35. The lowest BCUT2D eigenvalue weighted by Crippen LogP contribution is -2.30. The van der Waals surface area contributed by atoms with Crippen molar-refractivity contribution >= 4 is 11.7 Å². The molecule has 2 N–H and O–H groups in total. The van der Waals surface area contributed by atoms with E-state index in [1.54, 1.807) is 17.1 Å². The van der Waals surface area contributed by atoms with Gasteiger partial charge in [-0.15, -0.1) is 10.2 Å². The van der Waals surface area contributed by atoms with Gasteiger partial charge in [0.15, 0.2) is 11.5 Å². The number of anilines is 1. The number of aryl methyl sites for hydroxylation is 1. The Balaban J connectivity index is 1.26. The molecule has 134 valence electrons. The number of amides is 1. The van der Waals surface area contributed by atoms with Crippen LogP contribution < -0.4 is 10.6 Å². The van der Waals surface area contributed by atoms with Crippen LogP contribution in [0.2, 0.25) is 0 Å². The highest BCUT2D eigenvalue weighted by Gasteiger charge is 2.23. The molecule has 0 aliphatic heterocycles. The van der Waals surface area contributed by atoms with E-state index in [2.05, 4.69) is 31.1 Å². The molecule has 0 radical (unpaired) electrons. The maximum Gasteiger partial charge on any atom is 0.273 e. The quantitative estimate of drug-likeness (QED) is 0.644. The summed E-state index contributed by atoms with van der Waals surface area (Å²) in [6.07, 6.45) is 7.37. The summed E-state index contributed by atoms with van der Waals surface area (Å²) in [5.41, 5.74) is 1.38. The van der Waals surface area contributed by atoms with Crippen molar-refractivity contribution in [3.05, 3.63) is 47.6 Å². The zero-order chi connectivity index (χ0) is 17.8. The molecule has 0 fully saturated rings. The topological polar surface area (TPSA) is 111 Å². The first kappa shape index (κ1) is 16.2. The monoisotopic (exact) mass is 353 g/mol. The smallest absolute Gasteiger partial charge is 0.273 e. The van der Waals surface area contributed by atoms with Crippen molar-refractivity contribution in [3.8, 4) is 5.82 Å². The number of carbonyl (C=O) groups is 1. The van der Waals surface area contributed by atoms with Crippen molar-refractivity contribution in [2.75, 3.05) is 18.4 Å². The molecule has 0 saturated carbocycles. The molecule has 3 heterocycles. The van der Waals surface area contributed by atoms with Crippen LogP contribution in [0.1, 0.15) is 34.7 Å². The Morgan fingerprint density at radius 2 is 2.12 bits per heavy atom. The molecule has 0 spiro atoms. The number of nitrogens with zero attached hydrogens (tertiary/aromatic N) is 5. The molecule has 3 aromatic heterocycles. The van der Waals surface area contributed by atoms with Gasteiger partial charge in [0, 0.05) is 37.5 Å². The van der Waals surface area contributed by atoms with Crippen molar-refractivity contribution in [3.63, 3.8) is 0 Å². The SMILES string of the molecule is O=C(NCCNc1ccc(-n2cccn2)nn1)c1noc2c1CCCC2. The summed E-state index contributed by atoms with van der Waals surface area (Å²) < 4.78 is 6.91. The van der Waals surface area contributed by atoms with Gasteiger partial charge in [0.05, 0.1) is 0 Å². The number of fused-ring (bicyclic) bond motifs is 1. The summed E-state index contributed by atoms with van der Waals surface area (Å²) >= 11 is 0. The highest BCUT2D eigenvalue weighted by molar-refractivity contribution is 5.93. The Kier molecular flexibility index (Phi) is 4.59. The molecule has 26 heavy (non-hydrogen) atoms. The molecular weight excluding hydrogens is 334 g/mol. The Hall–Kier alpha value is -3.23. The molecule has 1 aliphatic rings. The Bertz CT molecular complexity index is 871. The van der Waals surface area contributed by atoms with Gasteiger partial charge in [-0.2, -0.15) is 5.10 Å². The summed E-state index contributed by atoms with van der Waals surface area (Å²) in [7, 11) is 0. The molecule has 0 aromatic carbocycles. The second-order valence-corrected chi connectivity index (χ2v) is 6.05. The molecule has 0 unspecified atom stereocenters. The van der Waals surface area contributed by atoms with Crippen LogP contribution in [0.15, 0.2) is 35.1 Å². The van der Waals surface area contributed by atoms with Crippen molar-refractivity contribution in [2.45, 2.75) is 25.7 Å². The number of carbonyl (C=O) groups excluding carboxylic acids is 1. The fraction of sp³-hybridized carbons (Fsp3) is 0.353. The second-order valence-electron chi connectivity index (χ2n) is 6.05. The Labute approximate surface area is 149 Å². The van der Waals surface area contributed by atoms with E-state index in [9.17, 15) is 4.79 Å². The predicted molar refractivity (Wildman–Crippen MR) is 93.1 cm³/mol. The third kappa shape index (κ3) is 3.41. The van der Waals surface area contributed by atoms with Gasteiger partial charge >= 0.3 is 0 Å². The Morgan fingerprint density at radius 3 is 2.92 bits per heavy atom. The van der Waals surface area contributed by atoms with Gasteiger partial charge in [-0.05, 0) is 37.5 Å². The first-order chi connectivity index (χ1) is 12.8. The minimum atomic E-state index is -0.196. The molecular formula is C17H19N7O2. The lowest BCUT2D eigenvalue weighted by atomic mass is 9.96. The summed E-state index contributed by atoms with van der Waals surface area (Å²) in [5, 5.41) is 22.2. The molecule has 0 bridgehead atoms. The van der Waals surface area contributed by atoms with Gasteiger partial charge in [-0.1, -0.05) is 5.16 Å². The van der Waals surface area contributed by atoms with Crippen LogP contribution in [0, 0.1) is 0 Å². The molecule has 1 aliphatic carbocycles. The van der Waals surface area contributed by atoms with Crippen LogP contribution >= 0.6 is 0 Å². The lowest BCUT2D eigenvalue weighted by molar-refractivity contribution is 0.0945. The van der Waals surface area contributed by atoms with Crippen LogP contribution in [0.4, 0.5) is 5.82 Å². The number of rotatable bonds is 6. The molecule has 9 heteroatoms. The summed E-state index contributed by atoms with van der Waals surface area (Å²) in [6.45, 7) is 0.977. The third-order valence-electron chi connectivity index (χ3n) is 4.27. The van der Waals surface area contributed by atoms with Crippen LogP contribution in [-0.4, -0.2) is 44.1 Å². The first-order valence-electron chi connectivity index (χ1n) is 8.64. The molecule has 4 rings (SSSR count). The van der Waals surface area contributed by atoms with Gasteiger partial charge in [-0.3, -0.25) is 4.79 Å². The van der Waals surface area contributed by atoms with E-state index in [1.807, 2.05) is 18.2 Å². The van der Waals surface area contributed by atoms with Crippen LogP contribution in [-0.2, 0) is 12.8 Å². The fourth-order valence-electron chi connectivity index (χ4n) is 2.96. The van der Waals surface area contributed by atoms with Gasteiger partial charge < -0.3 is 15.2 Å². The van der Waals surface area contributed by atoms with Crippen LogP contribution in [0.3, 0.4) is 0 Å². The van der Waals surface area contributed by atoms with E-state index in [0.717, 1.165) is 37.0 Å². The minimum Gasteiger partial charge on any atom is -0.367 e. The minimum absolute atomic E-state index is 0.196. The normalized spacial score (nSPS) is 13.2. The molecule has 9 nitrogen and oxygen atoms in total. The van der Waals surface area contributed by atoms with Gasteiger partial charge in [0.25, 0.3) is 5.91 Å². The molecule has 0 saturated heterocycles. The molecule has 1 amide bonds. The van der Waals surface area contributed by atoms with Gasteiger partial charge in [0.2, 0.25) is 0 Å². The van der Waals surface area contributed by atoms with E-state index < -0.39 is 0 Å².